The first-order chi connectivity index (χ1) is 15.4. The molecule has 0 aromatic carbocycles. The number of carbonyl (C=O) groups is 1. The number of likely N-dealkylation sites (tertiary alicyclic amines) is 1. The summed E-state index contributed by atoms with van der Waals surface area (Å²) in [6.45, 7) is 8.14. The number of amides is 1. The van der Waals surface area contributed by atoms with Gasteiger partial charge < -0.3 is 19.3 Å². The van der Waals surface area contributed by atoms with Gasteiger partial charge in [-0.15, -0.1) is 0 Å². The maximum atomic E-state index is 12.9. The topological polar surface area (TPSA) is 114 Å². The number of anilines is 1. The van der Waals surface area contributed by atoms with E-state index in [4.69, 9.17) is 9.47 Å². The van der Waals surface area contributed by atoms with Crippen molar-refractivity contribution < 1.29 is 14.3 Å². The van der Waals surface area contributed by atoms with Crippen LogP contribution in [0.15, 0.2) is 23.4 Å². The summed E-state index contributed by atoms with van der Waals surface area (Å²) in [5.41, 5.74) is 1.23. The van der Waals surface area contributed by atoms with Gasteiger partial charge >= 0.3 is 0 Å². The van der Waals surface area contributed by atoms with Gasteiger partial charge in [0, 0.05) is 44.5 Å². The van der Waals surface area contributed by atoms with Gasteiger partial charge in [0.15, 0.2) is 0 Å². The van der Waals surface area contributed by atoms with Crippen LogP contribution in [-0.4, -0.2) is 75.5 Å². The molecule has 2 aliphatic rings. The second kappa shape index (κ2) is 9.64. The summed E-state index contributed by atoms with van der Waals surface area (Å²) in [5.74, 6) is 1.23. The molecule has 0 spiro atoms. The monoisotopic (exact) mass is 442 g/mol. The van der Waals surface area contributed by atoms with Crippen LogP contribution in [-0.2, 0) is 9.53 Å². The normalized spacial score (nSPS) is 20.6. The second-order valence-corrected chi connectivity index (χ2v) is 8.54. The number of aromatic amines is 1. The van der Waals surface area contributed by atoms with E-state index in [0.717, 1.165) is 37.4 Å². The fourth-order valence-electron chi connectivity index (χ4n) is 4.18. The smallest absolute Gasteiger partial charge is 0.270 e. The average molecular weight is 443 g/mol. The van der Waals surface area contributed by atoms with E-state index in [2.05, 4.69) is 25.1 Å². The van der Waals surface area contributed by atoms with Crippen molar-refractivity contribution in [3.05, 3.63) is 40.1 Å². The molecule has 2 fully saturated rings. The molecule has 2 aromatic heterocycles. The number of nitrogens with one attached hydrogen (secondary N) is 1. The number of hydrogen-bond acceptors (Lipinski definition) is 8. The first-order valence-electron chi connectivity index (χ1n) is 11.1. The lowest BCUT2D eigenvalue weighted by molar-refractivity contribution is -0.140. The van der Waals surface area contributed by atoms with Crippen LogP contribution in [0.3, 0.4) is 0 Å². The molecule has 0 aliphatic carbocycles. The molecule has 1 amide bonds. The molecule has 0 saturated carbocycles. The van der Waals surface area contributed by atoms with Crippen LogP contribution >= 0.6 is 0 Å². The van der Waals surface area contributed by atoms with Crippen molar-refractivity contribution in [1.29, 1.82) is 0 Å². The third-order valence-corrected chi connectivity index (χ3v) is 6.06. The number of hydrogen-bond donors (Lipinski definition) is 1. The van der Waals surface area contributed by atoms with Crippen LogP contribution < -0.4 is 15.2 Å². The molecule has 0 radical (unpaired) electrons. The van der Waals surface area contributed by atoms with Crippen LogP contribution in [0.25, 0.3) is 0 Å². The molecule has 10 heteroatoms. The van der Waals surface area contributed by atoms with Gasteiger partial charge in [-0.3, -0.25) is 9.59 Å². The maximum Gasteiger partial charge on any atom is 0.270 e. The molecule has 2 atom stereocenters. The number of aromatic nitrogens is 4. The zero-order valence-electron chi connectivity index (χ0n) is 18.8. The van der Waals surface area contributed by atoms with Crippen molar-refractivity contribution in [2.45, 2.75) is 58.3 Å². The molecular formula is C22H30N6O4. The van der Waals surface area contributed by atoms with E-state index in [0.29, 0.717) is 24.3 Å². The van der Waals surface area contributed by atoms with Crippen LogP contribution in [0.2, 0.25) is 0 Å². The van der Waals surface area contributed by atoms with Gasteiger partial charge in [0.25, 0.3) is 11.5 Å². The molecule has 2 saturated heterocycles. The molecule has 4 rings (SSSR count). The van der Waals surface area contributed by atoms with E-state index in [-0.39, 0.29) is 30.2 Å². The van der Waals surface area contributed by atoms with Crippen molar-refractivity contribution in [2.24, 2.45) is 0 Å². The summed E-state index contributed by atoms with van der Waals surface area (Å²) < 4.78 is 11.7. The molecule has 2 aromatic rings. The molecule has 1 N–H and O–H groups in total. The fourth-order valence-corrected chi connectivity index (χ4v) is 4.18. The van der Waals surface area contributed by atoms with E-state index < -0.39 is 6.10 Å². The standard InChI is InChI=1S/C22H30N6O4/c1-14-10-23-22(24-11-14)27-7-4-17(5-8-27)28-9-6-18(21(28)30)31-13-15(2)32-19-12-25-26-20(29)16(19)3/h10-12,15,17-18H,4-9,13H2,1-3H3,(H,26,29)/t15-,18-/m0/s1. The largest absolute Gasteiger partial charge is 0.486 e. The highest BCUT2D eigenvalue weighted by Gasteiger charge is 2.38. The van der Waals surface area contributed by atoms with E-state index in [1.165, 1.54) is 6.20 Å². The minimum absolute atomic E-state index is 0.0521. The van der Waals surface area contributed by atoms with Crippen LogP contribution in [0, 0.1) is 13.8 Å². The minimum atomic E-state index is -0.446. The quantitative estimate of drug-likeness (QED) is 0.681. The second-order valence-electron chi connectivity index (χ2n) is 8.54. The van der Waals surface area contributed by atoms with Crippen LogP contribution in [0.5, 0.6) is 5.75 Å². The average Bonchev–Trinajstić information content (AvgIpc) is 3.16. The molecule has 4 heterocycles. The van der Waals surface area contributed by atoms with Gasteiger partial charge in [-0.25, -0.2) is 15.1 Å². The fraction of sp³-hybridized carbons (Fsp3) is 0.591. The van der Waals surface area contributed by atoms with Gasteiger partial charge in [0.2, 0.25) is 5.95 Å². The highest BCUT2D eigenvalue weighted by atomic mass is 16.5. The van der Waals surface area contributed by atoms with Crippen molar-refractivity contribution in [1.82, 2.24) is 25.1 Å². The van der Waals surface area contributed by atoms with Crippen LogP contribution in [0.4, 0.5) is 5.95 Å². The Balaban J connectivity index is 1.25. The van der Waals surface area contributed by atoms with Crippen molar-refractivity contribution in [3.63, 3.8) is 0 Å². The SMILES string of the molecule is Cc1cnc(N2CCC(N3CC[C@H](OC[C@H](C)Oc4cn[nH]c(=O)c4C)C3=O)CC2)nc1. The van der Waals surface area contributed by atoms with E-state index >= 15 is 0 Å². The minimum Gasteiger partial charge on any atom is -0.486 e. The van der Waals surface area contributed by atoms with E-state index in [1.807, 2.05) is 31.1 Å². The summed E-state index contributed by atoms with van der Waals surface area (Å²) >= 11 is 0. The first kappa shape index (κ1) is 22.2. The third kappa shape index (κ3) is 4.90. The number of H-pyrrole nitrogens is 1. The number of rotatable bonds is 7. The summed E-state index contributed by atoms with van der Waals surface area (Å²) in [6, 6.07) is 0.219. The number of aryl methyl sites for hydroxylation is 1. The Morgan fingerprint density at radius 2 is 1.81 bits per heavy atom. The lowest BCUT2D eigenvalue weighted by atomic mass is 10.0. The number of carbonyl (C=O) groups excluding carboxylic acids is 1. The zero-order valence-corrected chi connectivity index (χ0v) is 18.8. The van der Waals surface area contributed by atoms with Crippen LogP contribution in [0.1, 0.15) is 37.3 Å². The summed E-state index contributed by atoms with van der Waals surface area (Å²) in [7, 11) is 0. The summed E-state index contributed by atoms with van der Waals surface area (Å²) in [6.07, 6.45) is 6.85. The summed E-state index contributed by atoms with van der Waals surface area (Å²) in [5, 5.41) is 6.13. The Morgan fingerprint density at radius 1 is 1.09 bits per heavy atom. The Morgan fingerprint density at radius 3 is 2.53 bits per heavy atom. The molecule has 0 bridgehead atoms. The number of ether oxygens (including phenoxy) is 2. The molecule has 2 aliphatic heterocycles. The van der Waals surface area contributed by atoms with Gasteiger partial charge in [-0.2, -0.15) is 5.10 Å². The van der Waals surface area contributed by atoms with Gasteiger partial charge in [0.05, 0.1) is 18.4 Å². The Hall–Kier alpha value is -3.01. The van der Waals surface area contributed by atoms with Gasteiger partial charge in [-0.05, 0) is 39.2 Å². The zero-order chi connectivity index (χ0) is 22.7. The van der Waals surface area contributed by atoms with Gasteiger partial charge in [-0.1, -0.05) is 0 Å². The number of piperidine rings is 1. The van der Waals surface area contributed by atoms with Gasteiger partial charge in [0.1, 0.15) is 18.0 Å². The predicted molar refractivity (Wildman–Crippen MR) is 118 cm³/mol. The van der Waals surface area contributed by atoms with Crippen molar-refractivity contribution >= 4 is 11.9 Å². The lowest BCUT2D eigenvalue weighted by Crippen LogP contribution is -2.47. The Kier molecular flexibility index (Phi) is 6.69. The number of nitrogens with zero attached hydrogens (tertiary/aromatic N) is 5. The molecular weight excluding hydrogens is 412 g/mol. The highest BCUT2D eigenvalue weighted by Crippen LogP contribution is 2.25. The van der Waals surface area contributed by atoms with Crippen molar-refractivity contribution in [2.75, 3.05) is 31.1 Å². The highest BCUT2D eigenvalue weighted by molar-refractivity contribution is 5.83. The predicted octanol–water partition coefficient (Wildman–Crippen LogP) is 1.23. The molecule has 0 unspecified atom stereocenters. The summed E-state index contributed by atoms with van der Waals surface area (Å²) in [4.78, 5) is 37.5. The van der Waals surface area contributed by atoms with Crippen molar-refractivity contribution in [3.8, 4) is 5.75 Å². The molecule has 172 valence electrons. The van der Waals surface area contributed by atoms with E-state index in [9.17, 15) is 9.59 Å². The maximum absolute atomic E-state index is 12.9. The third-order valence-electron chi connectivity index (χ3n) is 6.06. The molecule has 10 nitrogen and oxygen atoms in total. The van der Waals surface area contributed by atoms with E-state index in [1.54, 1.807) is 6.92 Å². The molecule has 32 heavy (non-hydrogen) atoms. The Bertz CT molecular complexity index is 987. The first-order valence-corrected chi connectivity index (χ1v) is 11.1. The lowest BCUT2D eigenvalue weighted by Gasteiger charge is -2.36. The Labute approximate surface area is 187 Å².